The standard InChI is InChI=1S/C27H31N5O3S/c1-4-35-21-10-7-9-20(17-21)32(25(33)18-31-23-12-6-5-11-22(23)29-30-31)26(24-13-8-16-36-24)27(34)28-15-14-19(2)3/h5-13,16-17,19,26H,4,14-15,18H2,1-3H3,(H,28,34). The van der Waals surface area contributed by atoms with Crippen molar-refractivity contribution in [3.63, 3.8) is 0 Å². The van der Waals surface area contributed by atoms with Crippen LogP contribution in [0.15, 0.2) is 66.0 Å². The van der Waals surface area contributed by atoms with E-state index in [0.29, 0.717) is 36.0 Å². The van der Waals surface area contributed by atoms with Gasteiger partial charge in [-0.25, -0.2) is 4.68 Å². The van der Waals surface area contributed by atoms with Gasteiger partial charge in [-0.2, -0.15) is 0 Å². The molecule has 4 rings (SSSR count). The zero-order valence-corrected chi connectivity index (χ0v) is 21.6. The minimum Gasteiger partial charge on any atom is -0.494 e. The van der Waals surface area contributed by atoms with E-state index in [1.165, 1.54) is 11.3 Å². The third kappa shape index (κ3) is 5.91. The number of nitrogens with one attached hydrogen (secondary N) is 1. The van der Waals surface area contributed by atoms with E-state index in [4.69, 9.17) is 4.74 Å². The largest absolute Gasteiger partial charge is 0.494 e. The van der Waals surface area contributed by atoms with Crippen LogP contribution in [0, 0.1) is 5.92 Å². The van der Waals surface area contributed by atoms with Crippen LogP contribution in [0.5, 0.6) is 5.75 Å². The summed E-state index contributed by atoms with van der Waals surface area (Å²) in [4.78, 5) is 29.9. The summed E-state index contributed by atoms with van der Waals surface area (Å²) in [5.41, 5.74) is 2.03. The molecule has 0 bridgehead atoms. The van der Waals surface area contributed by atoms with Gasteiger partial charge in [-0.15, -0.1) is 16.4 Å². The number of anilines is 1. The molecule has 2 aromatic carbocycles. The summed E-state index contributed by atoms with van der Waals surface area (Å²) in [6.07, 6.45) is 0.849. The Morgan fingerprint density at radius 2 is 1.94 bits per heavy atom. The van der Waals surface area contributed by atoms with E-state index in [-0.39, 0.29) is 18.4 Å². The Bertz CT molecular complexity index is 1300. The van der Waals surface area contributed by atoms with Crippen LogP contribution >= 0.6 is 11.3 Å². The lowest BCUT2D eigenvalue weighted by molar-refractivity contribution is -0.126. The molecule has 9 heteroatoms. The molecule has 2 amide bonds. The smallest absolute Gasteiger partial charge is 0.249 e. The van der Waals surface area contributed by atoms with Crippen molar-refractivity contribution in [1.29, 1.82) is 0 Å². The average molecular weight is 506 g/mol. The van der Waals surface area contributed by atoms with Crippen molar-refractivity contribution in [2.24, 2.45) is 5.92 Å². The number of thiophene rings is 1. The lowest BCUT2D eigenvalue weighted by Gasteiger charge is -2.31. The molecule has 0 aliphatic rings. The third-order valence-electron chi connectivity index (χ3n) is 5.72. The number of carbonyl (C=O) groups excluding carboxylic acids is 2. The number of para-hydroxylation sites is 1. The molecule has 2 aromatic heterocycles. The molecule has 0 fully saturated rings. The van der Waals surface area contributed by atoms with E-state index in [9.17, 15) is 9.59 Å². The molecule has 0 saturated carbocycles. The highest BCUT2D eigenvalue weighted by molar-refractivity contribution is 7.10. The van der Waals surface area contributed by atoms with Gasteiger partial charge in [0.1, 0.15) is 23.9 Å². The van der Waals surface area contributed by atoms with Crippen LogP contribution in [0.25, 0.3) is 11.0 Å². The summed E-state index contributed by atoms with van der Waals surface area (Å²) in [5.74, 6) is 0.573. The van der Waals surface area contributed by atoms with Crippen LogP contribution in [-0.4, -0.2) is 40.0 Å². The number of benzene rings is 2. The quantitative estimate of drug-likeness (QED) is 0.315. The summed E-state index contributed by atoms with van der Waals surface area (Å²) >= 11 is 1.44. The predicted molar refractivity (Wildman–Crippen MR) is 142 cm³/mol. The van der Waals surface area contributed by atoms with Gasteiger partial charge in [0.25, 0.3) is 0 Å². The highest BCUT2D eigenvalue weighted by Crippen LogP contribution is 2.33. The molecule has 0 saturated heterocycles. The molecule has 0 radical (unpaired) electrons. The first-order valence-corrected chi connectivity index (χ1v) is 13.0. The van der Waals surface area contributed by atoms with Crippen molar-refractivity contribution in [2.45, 2.75) is 39.8 Å². The fourth-order valence-corrected chi connectivity index (χ4v) is 4.78. The van der Waals surface area contributed by atoms with Crippen LogP contribution in [-0.2, 0) is 16.1 Å². The van der Waals surface area contributed by atoms with Gasteiger partial charge < -0.3 is 10.1 Å². The second-order valence-corrected chi connectivity index (χ2v) is 9.80. The van der Waals surface area contributed by atoms with E-state index < -0.39 is 6.04 Å². The van der Waals surface area contributed by atoms with Crippen molar-refractivity contribution in [2.75, 3.05) is 18.1 Å². The Hall–Kier alpha value is -3.72. The number of hydrogen-bond donors (Lipinski definition) is 1. The first kappa shape index (κ1) is 25.4. The van der Waals surface area contributed by atoms with Gasteiger partial charge in [-0.05, 0) is 55.0 Å². The SMILES string of the molecule is CCOc1cccc(N(C(=O)Cn2nnc3ccccc32)C(C(=O)NCCC(C)C)c2cccs2)c1. The molecule has 0 aliphatic carbocycles. The third-order valence-corrected chi connectivity index (χ3v) is 6.65. The molecule has 4 aromatic rings. The van der Waals surface area contributed by atoms with Crippen molar-refractivity contribution < 1.29 is 14.3 Å². The van der Waals surface area contributed by atoms with Gasteiger partial charge in [0, 0.05) is 23.2 Å². The summed E-state index contributed by atoms with van der Waals surface area (Å²) < 4.78 is 7.27. The summed E-state index contributed by atoms with van der Waals surface area (Å²) in [6.45, 7) is 7.09. The Labute approximate surface area is 214 Å². The average Bonchev–Trinajstić information content (AvgIpc) is 3.53. The number of aromatic nitrogens is 3. The van der Waals surface area contributed by atoms with E-state index in [1.807, 2.05) is 66.9 Å². The number of hydrogen-bond acceptors (Lipinski definition) is 6. The molecule has 1 unspecified atom stereocenters. The van der Waals surface area contributed by atoms with Crippen molar-refractivity contribution >= 4 is 39.9 Å². The topological polar surface area (TPSA) is 89.3 Å². The maximum absolute atomic E-state index is 14.0. The fraction of sp³-hybridized carbons (Fsp3) is 0.333. The number of amides is 2. The predicted octanol–water partition coefficient (Wildman–Crippen LogP) is 4.83. The first-order chi connectivity index (χ1) is 17.5. The Morgan fingerprint density at radius 1 is 1.11 bits per heavy atom. The van der Waals surface area contributed by atoms with Gasteiger partial charge in [0.15, 0.2) is 0 Å². The molecule has 0 aliphatic heterocycles. The van der Waals surface area contributed by atoms with E-state index in [0.717, 1.165) is 16.8 Å². The molecule has 1 atom stereocenters. The maximum Gasteiger partial charge on any atom is 0.249 e. The van der Waals surface area contributed by atoms with Crippen LogP contribution < -0.4 is 15.0 Å². The van der Waals surface area contributed by atoms with Gasteiger partial charge >= 0.3 is 0 Å². The van der Waals surface area contributed by atoms with E-state index in [1.54, 1.807) is 15.6 Å². The van der Waals surface area contributed by atoms with E-state index in [2.05, 4.69) is 29.5 Å². The molecule has 2 heterocycles. The van der Waals surface area contributed by atoms with Crippen molar-refractivity contribution in [3.8, 4) is 5.75 Å². The van der Waals surface area contributed by atoms with Crippen molar-refractivity contribution in [1.82, 2.24) is 20.3 Å². The number of carbonyl (C=O) groups is 2. The Morgan fingerprint density at radius 3 is 2.69 bits per heavy atom. The van der Waals surface area contributed by atoms with Gasteiger partial charge in [0.05, 0.1) is 12.1 Å². The summed E-state index contributed by atoms with van der Waals surface area (Å²) in [5, 5.41) is 13.3. The highest BCUT2D eigenvalue weighted by atomic mass is 32.1. The van der Waals surface area contributed by atoms with Crippen LogP contribution in [0.2, 0.25) is 0 Å². The van der Waals surface area contributed by atoms with Crippen LogP contribution in [0.4, 0.5) is 5.69 Å². The molecule has 1 N–H and O–H groups in total. The summed E-state index contributed by atoms with van der Waals surface area (Å²) in [6, 6.07) is 17.7. The van der Waals surface area contributed by atoms with Gasteiger partial charge in [-0.1, -0.05) is 43.3 Å². The lowest BCUT2D eigenvalue weighted by atomic mass is 10.1. The Balaban J connectivity index is 1.74. The summed E-state index contributed by atoms with van der Waals surface area (Å²) in [7, 11) is 0. The number of nitrogens with zero attached hydrogens (tertiary/aromatic N) is 4. The molecular weight excluding hydrogens is 474 g/mol. The zero-order valence-electron chi connectivity index (χ0n) is 20.8. The maximum atomic E-state index is 14.0. The number of ether oxygens (including phenoxy) is 1. The fourth-order valence-electron chi connectivity index (χ4n) is 3.97. The minimum atomic E-state index is -0.837. The van der Waals surface area contributed by atoms with Gasteiger partial charge in [-0.3, -0.25) is 14.5 Å². The Kier molecular flexibility index (Phi) is 8.32. The molecule has 8 nitrogen and oxygen atoms in total. The monoisotopic (exact) mass is 505 g/mol. The lowest BCUT2D eigenvalue weighted by Crippen LogP contribution is -2.45. The molecule has 0 spiro atoms. The highest BCUT2D eigenvalue weighted by Gasteiger charge is 2.34. The van der Waals surface area contributed by atoms with Crippen LogP contribution in [0.3, 0.4) is 0 Å². The number of rotatable bonds is 11. The molecule has 36 heavy (non-hydrogen) atoms. The molecular formula is C27H31N5O3S. The second-order valence-electron chi connectivity index (χ2n) is 8.82. The first-order valence-electron chi connectivity index (χ1n) is 12.1. The second kappa shape index (κ2) is 11.8. The zero-order chi connectivity index (χ0) is 25.5. The normalized spacial score (nSPS) is 12.0. The van der Waals surface area contributed by atoms with Gasteiger partial charge in [0.2, 0.25) is 11.8 Å². The number of fused-ring (bicyclic) bond motifs is 1. The van der Waals surface area contributed by atoms with E-state index >= 15 is 0 Å². The van der Waals surface area contributed by atoms with Crippen LogP contribution in [0.1, 0.15) is 38.1 Å². The van der Waals surface area contributed by atoms with Crippen molar-refractivity contribution in [3.05, 3.63) is 70.9 Å². The molecule has 188 valence electrons. The minimum absolute atomic E-state index is 0.0689.